The van der Waals surface area contributed by atoms with Gasteiger partial charge < -0.3 is 14.5 Å². The first-order chi connectivity index (χ1) is 13.5. The highest BCUT2D eigenvalue weighted by Crippen LogP contribution is 2.22. The summed E-state index contributed by atoms with van der Waals surface area (Å²) < 4.78 is 4.99. The number of hydrogen-bond donors (Lipinski definition) is 0. The van der Waals surface area contributed by atoms with Crippen molar-refractivity contribution in [3.8, 4) is 0 Å². The van der Waals surface area contributed by atoms with Crippen LogP contribution in [-0.4, -0.2) is 77.8 Å². The summed E-state index contributed by atoms with van der Waals surface area (Å²) >= 11 is 0. The summed E-state index contributed by atoms with van der Waals surface area (Å²) in [6.07, 6.45) is 1.75. The van der Waals surface area contributed by atoms with E-state index in [0.717, 1.165) is 0 Å². The number of fused-ring (bicyclic) bond motifs is 1. The molecule has 0 radical (unpaired) electrons. The minimum Gasteiger partial charge on any atom is -0.445 e. The predicted molar refractivity (Wildman–Crippen MR) is 101 cm³/mol. The number of nitrogens with zero attached hydrogens (tertiary/aromatic N) is 3. The van der Waals surface area contributed by atoms with Gasteiger partial charge in [-0.15, -0.1) is 0 Å². The zero-order chi connectivity index (χ0) is 20.1. The summed E-state index contributed by atoms with van der Waals surface area (Å²) in [6.45, 7) is 5.59. The van der Waals surface area contributed by atoms with Crippen LogP contribution in [0, 0.1) is 0 Å². The molecule has 0 saturated carbocycles. The quantitative estimate of drug-likeness (QED) is 0.547. The van der Waals surface area contributed by atoms with Gasteiger partial charge in [0.25, 0.3) is 11.8 Å². The van der Waals surface area contributed by atoms with Crippen molar-refractivity contribution in [3.63, 3.8) is 0 Å². The minimum absolute atomic E-state index is 0.0456. The van der Waals surface area contributed by atoms with E-state index in [-0.39, 0.29) is 37.3 Å². The Bertz CT molecular complexity index is 764. The Hall–Kier alpha value is -3.16. The molecule has 8 nitrogen and oxygen atoms in total. The van der Waals surface area contributed by atoms with Crippen LogP contribution in [0.2, 0.25) is 0 Å². The van der Waals surface area contributed by atoms with E-state index in [4.69, 9.17) is 4.74 Å². The minimum atomic E-state index is -0.405. The van der Waals surface area contributed by atoms with Gasteiger partial charge in [0.15, 0.2) is 0 Å². The maximum Gasteiger partial charge on any atom is 0.410 e. The number of imide groups is 1. The Balaban J connectivity index is 1.42. The highest BCUT2D eigenvalue weighted by molar-refractivity contribution is 6.21. The lowest BCUT2D eigenvalue weighted by Crippen LogP contribution is -2.50. The molecule has 0 atom stereocenters. The van der Waals surface area contributed by atoms with Crippen molar-refractivity contribution in [2.75, 3.05) is 39.3 Å². The number of carbonyl (C=O) groups excluding carboxylic acids is 4. The molecule has 0 bridgehead atoms. The molecule has 1 saturated heterocycles. The third-order valence-electron chi connectivity index (χ3n) is 4.87. The lowest BCUT2D eigenvalue weighted by Gasteiger charge is -2.34. The third kappa shape index (κ3) is 4.05. The third-order valence-corrected chi connectivity index (χ3v) is 4.87. The van der Waals surface area contributed by atoms with Crippen molar-refractivity contribution in [3.05, 3.63) is 48.0 Å². The smallest absolute Gasteiger partial charge is 0.410 e. The van der Waals surface area contributed by atoms with Gasteiger partial charge >= 0.3 is 6.09 Å². The van der Waals surface area contributed by atoms with Crippen molar-refractivity contribution in [1.82, 2.24) is 14.7 Å². The first-order valence-electron chi connectivity index (χ1n) is 9.28. The van der Waals surface area contributed by atoms with E-state index < -0.39 is 6.09 Å². The topological polar surface area (TPSA) is 87.2 Å². The van der Waals surface area contributed by atoms with E-state index in [1.807, 2.05) is 0 Å². The molecule has 2 aliphatic heterocycles. The van der Waals surface area contributed by atoms with Gasteiger partial charge in [-0.05, 0) is 18.6 Å². The first kappa shape index (κ1) is 19.6. The van der Waals surface area contributed by atoms with Gasteiger partial charge in [-0.1, -0.05) is 24.8 Å². The van der Waals surface area contributed by atoms with Crippen LogP contribution in [0.3, 0.4) is 0 Å². The molecule has 148 valence electrons. The summed E-state index contributed by atoms with van der Waals surface area (Å²) in [5.74, 6) is -0.657. The summed E-state index contributed by atoms with van der Waals surface area (Å²) in [4.78, 5) is 53.3. The van der Waals surface area contributed by atoms with Crippen LogP contribution < -0.4 is 0 Å². The molecule has 8 heteroatoms. The highest BCUT2D eigenvalue weighted by Gasteiger charge is 2.34. The van der Waals surface area contributed by atoms with Gasteiger partial charge in [0.05, 0.1) is 11.1 Å². The second kappa shape index (κ2) is 8.69. The second-order valence-electron chi connectivity index (χ2n) is 6.64. The lowest BCUT2D eigenvalue weighted by molar-refractivity contribution is -0.132. The molecule has 2 aliphatic rings. The molecular weight excluding hydrogens is 362 g/mol. The molecule has 0 N–H and O–H groups in total. The Kier molecular flexibility index (Phi) is 6.08. The molecule has 1 aromatic carbocycles. The van der Waals surface area contributed by atoms with E-state index in [1.54, 1.807) is 34.1 Å². The Morgan fingerprint density at radius 1 is 1.00 bits per heavy atom. The van der Waals surface area contributed by atoms with Crippen molar-refractivity contribution < 1.29 is 23.9 Å². The zero-order valence-electron chi connectivity index (χ0n) is 15.6. The van der Waals surface area contributed by atoms with E-state index in [2.05, 4.69) is 6.58 Å². The van der Waals surface area contributed by atoms with Crippen LogP contribution in [0.4, 0.5) is 4.79 Å². The molecule has 0 aromatic heterocycles. The van der Waals surface area contributed by atoms with Crippen LogP contribution in [0.1, 0.15) is 33.6 Å². The fourth-order valence-electron chi connectivity index (χ4n) is 3.35. The fraction of sp³-hybridized carbons (Fsp3) is 0.400. The number of rotatable bonds is 6. The molecule has 1 aromatic rings. The van der Waals surface area contributed by atoms with Gasteiger partial charge in [-0.2, -0.15) is 0 Å². The van der Waals surface area contributed by atoms with Crippen LogP contribution >= 0.6 is 0 Å². The van der Waals surface area contributed by atoms with E-state index in [9.17, 15) is 19.2 Å². The lowest BCUT2D eigenvalue weighted by atomic mass is 10.1. The summed E-state index contributed by atoms with van der Waals surface area (Å²) in [7, 11) is 0. The Morgan fingerprint density at radius 2 is 1.57 bits per heavy atom. The van der Waals surface area contributed by atoms with Crippen LogP contribution in [0.15, 0.2) is 36.9 Å². The van der Waals surface area contributed by atoms with Crippen molar-refractivity contribution in [2.24, 2.45) is 0 Å². The number of ether oxygens (including phenoxy) is 1. The van der Waals surface area contributed by atoms with Crippen LogP contribution in [-0.2, 0) is 9.53 Å². The fourth-order valence-corrected chi connectivity index (χ4v) is 3.35. The van der Waals surface area contributed by atoms with Crippen LogP contribution in [0.5, 0.6) is 0 Å². The van der Waals surface area contributed by atoms with Crippen molar-refractivity contribution in [1.29, 1.82) is 0 Å². The number of benzene rings is 1. The number of piperazine rings is 1. The molecule has 2 heterocycles. The molecule has 4 amide bonds. The SMILES string of the molecule is C=CCOC(=O)N1CCN(C(=O)CCCN2C(=O)c3ccccc3C2=O)CC1. The molecule has 28 heavy (non-hydrogen) atoms. The summed E-state index contributed by atoms with van der Waals surface area (Å²) in [5, 5.41) is 0. The Labute approximate surface area is 163 Å². The standard InChI is InChI=1S/C20H23N3O5/c1-2-14-28-20(27)22-12-10-21(11-13-22)17(24)8-5-9-23-18(25)15-6-3-4-7-16(15)19(23)26/h2-4,6-7H,1,5,8-14H2. The highest BCUT2D eigenvalue weighted by atomic mass is 16.6. The maximum atomic E-state index is 12.4. The molecule has 0 unspecified atom stereocenters. The molecule has 1 fully saturated rings. The molecule has 3 rings (SSSR count). The molecule has 0 spiro atoms. The van der Waals surface area contributed by atoms with Crippen molar-refractivity contribution in [2.45, 2.75) is 12.8 Å². The van der Waals surface area contributed by atoms with Gasteiger partial charge in [-0.25, -0.2) is 4.79 Å². The van der Waals surface area contributed by atoms with Gasteiger partial charge in [-0.3, -0.25) is 19.3 Å². The van der Waals surface area contributed by atoms with E-state index in [0.29, 0.717) is 43.7 Å². The average Bonchev–Trinajstić information content (AvgIpc) is 2.97. The molecular formula is C20H23N3O5. The van der Waals surface area contributed by atoms with E-state index >= 15 is 0 Å². The number of hydrogen-bond acceptors (Lipinski definition) is 5. The average molecular weight is 385 g/mol. The largest absolute Gasteiger partial charge is 0.445 e. The maximum absolute atomic E-state index is 12.4. The van der Waals surface area contributed by atoms with E-state index in [1.165, 1.54) is 11.0 Å². The summed E-state index contributed by atoms with van der Waals surface area (Å²) in [6, 6.07) is 6.73. The number of amides is 4. The van der Waals surface area contributed by atoms with Gasteiger partial charge in [0, 0.05) is 39.1 Å². The normalized spacial score (nSPS) is 16.2. The Morgan fingerprint density at radius 3 is 2.14 bits per heavy atom. The van der Waals surface area contributed by atoms with Crippen LogP contribution in [0.25, 0.3) is 0 Å². The van der Waals surface area contributed by atoms with Gasteiger partial charge in [0.1, 0.15) is 6.61 Å². The first-order valence-corrected chi connectivity index (χ1v) is 9.28. The zero-order valence-corrected chi connectivity index (χ0v) is 15.6. The van der Waals surface area contributed by atoms with Crippen molar-refractivity contribution >= 4 is 23.8 Å². The molecule has 0 aliphatic carbocycles. The monoisotopic (exact) mass is 385 g/mol. The van der Waals surface area contributed by atoms with Gasteiger partial charge in [0.2, 0.25) is 5.91 Å². The second-order valence-corrected chi connectivity index (χ2v) is 6.64. The predicted octanol–water partition coefficient (Wildman–Crippen LogP) is 1.53. The number of carbonyl (C=O) groups is 4. The summed E-state index contributed by atoms with van der Waals surface area (Å²) in [5.41, 5.74) is 0.830.